The summed E-state index contributed by atoms with van der Waals surface area (Å²) in [4.78, 5) is 58.1. The number of carbonyl (C=O) groups is 6. The summed E-state index contributed by atoms with van der Waals surface area (Å²) in [6.07, 6.45) is 26.6. The Hall–Kier alpha value is -3.18. The number of hydrogen-bond acceptors (Lipinski definition) is 7. The Morgan fingerprint density at radius 2 is 0.560 bits per heavy atom. The Morgan fingerprint density at radius 3 is 0.760 bits per heavy atom. The number of rotatable bonds is 23. The molecule has 0 aromatic rings. The van der Waals surface area contributed by atoms with Gasteiger partial charge in [-0.05, 0) is 26.2 Å². The standard InChI is InChI=1S/C28H56O2.5C2H4O2/c1-5-9-12-15-16-17-18-19-20-23-26-28(27(29)30-8-4,24-21-13-10-6-2)25-22-14-11-7-3;5*1-2(3)4/h5-26H2,1-4H3;5*1H3,(H,3,4). The van der Waals surface area contributed by atoms with Gasteiger partial charge in [-0.1, -0.05) is 136 Å². The predicted molar refractivity (Wildman–Crippen MR) is 200 cm³/mol. The number of aliphatic carboxylic acids is 5. The van der Waals surface area contributed by atoms with Crippen LogP contribution in [0.25, 0.3) is 0 Å². The van der Waals surface area contributed by atoms with Crippen molar-refractivity contribution in [2.75, 3.05) is 6.61 Å². The average Bonchev–Trinajstić information content (AvgIpc) is 2.97. The minimum absolute atomic E-state index is 0.105. The first-order chi connectivity index (χ1) is 23.3. The molecule has 0 aromatic carbocycles. The smallest absolute Gasteiger partial charge is 0.312 e. The first-order valence-corrected chi connectivity index (χ1v) is 18.5. The minimum Gasteiger partial charge on any atom is -0.481 e. The third kappa shape index (κ3) is 79.9. The van der Waals surface area contributed by atoms with Gasteiger partial charge >= 0.3 is 5.97 Å². The number of carbonyl (C=O) groups excluding carboxylic acids is 1. The number of esters is 1. The summed E-state index contributed by atoms with van der Waals surface area (Å²) in [5.74, 6) is -4.06. The number of carboxylic acid groups (broad SMARTS) is 5. The third-order valence-corrected chi connectivity index (χ3v) is 6.74. The quantitative estimate of drug-likeness (QED) is 0.0492. The third-order valence-electron chi connectivity index (χ3n) is 6.74. The molecule has 0 saturated carbocycles. The molecule has 0 saturated heterocycles. The van der Waals surface area contributed by atoms with Gasteiger partial charge in [0.25, 0.3) is 29.8 Å². The van der Waals surface area contributed by atoms with Crippen LogP contribution in [0.15, 0.2) is 0 Å². The highest BCUT2D eigenvalue weighted by molar-refractivity contribution is 5.76. The maximum atomic E-state index is 13.1. The Bertz CT molecular complexity index is 695. The fraction of sp³-hybridized carbons (Fsp3) is 0.842. The molecule has 0 rings (SSSR count). The second-order valence-corrected chi connectivity index (χ2v) is 12.1. The number of ether oxygens (including phenoxy) is 1. The average molecular weight is 725 g/mol. The highest BCUT2D eigenvalue weighted by Gasteiger charge is 2.38. The maximum absolute atomic E-state index is 13.1. The molecular weight excluding hydrogens is 648 g/mol. The van der Waals surface area contributed by atoms with Crippen molar-refractivity contribution in [1.29, 1.82) is 0 Å². The minimum atomic E-state index is -0.833. The lowest BCUT2D eigenvalue weighted by atomic mass is 9.74. The van der Waals surface area contributed by atoms with Crippen molar-refractivity contribution in [2.24, 2.45) is 5.41 Å². The molecule has 12 nitrogen and oxygen atoms in total. The van der Waals surface area contributed by atoms with Crippen molar-refractivity contribution in [1.82, 2.24) is 0 Å². The lowest BCUT2D eigenvalue weighted by Gasteiger charge is -2.32. The summed E-state index contributed by atoms with van der Waals surface area (Å²) in [5, 5.41) is 37.1. The first kappa shape index (κ1) is 59.0. The Morgan fingerprint density at radius 1 is 0.380 bits per heavy atom. The molecule has 12 heteroatoms. The van der Waals surface area contributed by atoms with E-state index in [0.29, 0.717) is 6.61 Å². The zero-order valence-electron chi connectivity index (χ0n) is 33.2. The summed E-state index contributed by atoms with van der Waals surface area (Å²) in [5.41, 5.74) is -0.211. The molecule has 0 radical (unpaired) electrons. The van der Waals surface area contributed by atoms with E-state index in [2.05, 4.69) is 20.8 Å². The summed E-state index contributed by atoms with van der Waals surface area (Å²) in [6.45, 7) is 14.7. The molecule has 0 aromatic heterocycles. The lowest BCUT2D eigenvalue weighted by molar-refractivity contribution is -0.157. The first-order valence-electron chi connectivity index (χ1n) is 18.5. The summed E-state index contributed by atoms with van der Waals surface area (Å²) in [7, 11) is 0. The van der Waals surface area contributed by atoms with Crippen LogP contribution in [0.3, 0.4) is 0 Å². The molecule has 0 heterocycles. The molecule has 5 N–H and O–H groups in total. The molecule has 0 bridgehead atoms. The van der Waals surface area contributed by atoms with Crippen molar-refractivity contribution in [3.05, 3.63) is 0 Å². The van der Waals surface area contributed by atoms with Crippen LogP contribution in [0.1, 0.15) is 197 Å². The van der Waals surface area contributed by atoms with Gasteiger partial charge in [0.1, 0.15) is 0 Å². The van der Waals surface area contributed by atoms with Gasteiger partial charge in [-0.25, -0.2) is 0 Å². The van der Waals surface area contributed by atoms with Crippen molar-refractivity contribution < 1.29 is 59.0 Å². The second-order valence-electron chi connectivity index (χ2n) is 12.1. The molecule has 0 fully saturated rings. The highest BCUT2D eigenvalue weighted by Crippen LogP contribution is 2.39. The molecule has 0 spiro atoms. The molecule has 0 unspecified atom stereocenters. The van der Waals surface area contributed by atoms with Gasteiger partial charge < -0.3 is 30.3 Å². The SMILES string of the molecule is CC(=O)O.CC(=O)O.CC(=O)O.CC(=O)O.CC(=O)O.CCCCCCCCCCCCC(CCCCCC)(CCCCCC)C(=O)OCC. The Labute approximate surface area is 303 Å². The monoisotopic (exact) mass is 725 g/mol. The number of carboxylic acids is 5. The van der Waals surface area contributed by atoms with Gasteiger partial charge in [0, 0.05) is 34.6 Å². The van der Waals surface area contributed by atoms with Crippen molar-refractivity contribution in [2.45, 2.75) is 197 Å². The van der Waals surface area contributed by atoms with Crippen molar-refractivity contribution >= 4 is 35.8 Å². The molecule has 0 aliphatic rings. The van der Waals surface area contributed by atoms with E-state index in [1.54, 1.807) is 0 Å². The van der Waals surface area contributed by atoms with E-state index in [1.807, 2.05) is 6.92 Å². The van der Waals surface area contributed by atoms with E-state index in [4.69, 9.17) is 54.2 Å². The van der Waals surface area contributed by atoms with Crippen LogP contribution in [0.4, 0.5) is 0 Å². The van der Waals surface area contributed by atoms with Gasteiger partial charge in [-0.3, -0.25) is 28.8 Å². The van der Waals surface area contributed by atoms with Crippen LogP contribution >= 0.6 is 0 Å². The van der Waals surface area contributed by atoms with E-state index < -0.39 is 29.8 Å². The molecule has 0 aliphatic carbocycles. The van der Waals surface area contributed by atoms with E-state index in [1.165, 1.54) is 116 Å². The molecule has 50 heavy (non-hydrogen) atoms. The highest BCUT2D eigenvalue weighted by atomic mass is 16.5. The Kier molecular flexibility index (Phi) is 56.6. The Balaban J connectivity index is -0.000000195. The molecular formula is C38H76O12. The van der Waals surface area contributed by atoms with Gasteiger partial charge in [0.15, 0.2) is 0 Å². The fourth-order valence-electron chi connectivity index (χ4n) is 4.70. The summed E-state index contributed by atoms with van der Waals surface area (Å²) in [6, 6.07) is 0. The van der Waals surface area contributed by atoms with Crippen LogP contribution in [0, 0.1) is 5.41 Å². The molecule has 0 atom stereocenters. The lowest BCUT2D eigenvalue weighted by Crippen LogP contribution is -2.33. The topological polar surface area (TPSA) is 213 Å². The number of unbranched alkanes of at least 4 members (excludes halogenated alkanes) is 15. The second kappa shape index (κ2) is 47.9. The number of hydrogen-bond donors (Lipinski definition) is 5. The van der Waals surface area contributed by atoms with E-state index in [0.717, 1.165) is 53.9 Å². The molecule has 0 amide bonds. The predicted octanol–water partition coefficient (Wildman–Crippen LogP) is 10.2. The zero-order valence-corrected chi connectivity index (χ0v) is 33.2. The van der Waals surface area contributed by atoms with Crippen LogP contribution in [0.2, 0.25) is 0 Å². The maximum Gasteiger partial charge on any atom is 0.312 e. The van der Waals surface area contributed by atoms with Crippen LogP contribution < -0.4 is 0 Å². The van der Waals surface area contributed by atoms with Gasteiger partial charge in [0.05, 0.1) is 12.0 Å². The van der Waals surface area contributed by atoms with Gasteiger partial charge in [-0.15, -0.1) is 0 Å². The van der Waals surface area contributed by atoms with Gasteiger partial charge in [-0.2, -0.15) is 0 Å². The van der Waals surface area contributed by atoms with E-state index in [9.17, 15) is 4.79 Å². The molecule has 300 valence electrons. The van der Waals surface area contributed by atoms with Crippen LogP contribution in [-0.2, 0) is 33.5 Å². The van der Waals surface area contributed by atoms with Crippen LogP contribution in [-0.4, -0.2) is 68.0 Å². The largest absolute Gasteiger partial charge is 0.481 e. The normalized spacial score (nSPS) is 9.54. The van der Waals surface area contributed by atoms with Crippen LogP contribution in [0.5, 0.6) is 0 Å². The zero-order chi connectivity index (χ0) is 40.2. The van der Waals surface area contributed by atoms with Crippen molar-refractivity contribution in [3.8, 4) is 0 Å². The van der Waals surface area contributed by atoms with E-state index in [-0.39, 0.29) is 11.4 Å². The fourth-order valence-corrected chi connectivity index (χ4v) is 4.70. The molecule has 0 aliphatic heterocycles. The van der Waals surface area contributed by atoms with Gasteiger partial charge in [0.2, 0.25) is 0 Å². The summed E-state index contributed by atoms with van der Waals surface area (Å²) >= 11 is 0. The summed E-state index contributed by atoms with van der Waals surface area (Å²) < 4.78 is 5.62. The van der Waals surface area contributed by atoms with E-state index >= 15 is 0 Å². The van der Waals surface area contributed by atoms with Crippen molar-refractivity contribution in [3.63, 3.8) is 0 Å².